The Kier molecular flexibility index (Phi) is 9.18. The molecule has 1 aliphatic heterocycles. The molecule has 2 aromatic rings. The van der Waals surface area contributed by atoms with E-state index in [1.54, 1.807) is 51.1 Å². The molecule has 6 atom stereocenters. The van der Waals surface area contributed by atoms with Crippen LogP contribution in [0.4, 0.5) is 0 Å². The van der Waals surface area contributed by atoms with Gasteiger partial charge in [0.1, 0.15) is 23.3 Å². The molecule has 1 unspecified atom stereocenters. The average molecular weight is 545 g/mol. The molecule has 2 N–H and O–H groups in total. The third-order valence-corrected chi connectivity index (χ3v) is 7.89. The molecule has 0 aliphatic carbocycles. The quantitative estimate of drug-likeness (QED) is 0.262. The molecule has 0 bridgehead atoms. The maximum Gasteiger partial charge on any atom is 0.380 e. The third-order valence-electron chi connectivity index (χ3n) is 5.39. The molecule has 1 aromatic heterocycles. The molecule has 1 fully saturated rings. The van der Waals surface area contributed by atoms with E-state index in [1.807, 2.05) is 0 Å². The Balaban J connectivity index is 1.77. The van der Waals surface area contributed by atoms with Crippen molar-refractivity contribution in [3.8, 4) is 5.75 Å². The lowest BCUT2D eigenvalue weighted by Gasteiger charge is -2.24. The minimum Gasteiger partial charge on any atom is -0.463 e. The summed E-state index contributed by atoms with van der Waals surface area (Å²) in [6.45, 7) is 6.05. The number of hydrogen-bond acceptors (Lipinski definition) is 9. The Morgan fingerprint density at radius 2 is 1.92 bits per heavy atom. The molecular weight excluding hydrogens is 515 g/mol. The van der Waals surface area contributed by atoms with E-state index >= 15 is 0 Å². The first-order valence-corrected chi connectivity index (χ1v) is 13.5. The van der Waals surface area contributed by atoms with Crippen LogP contribution in [0.5, 0.6) is 5.75 Å². The van der Waals surface area contributed by atoms with Gasteiger partial charge in [0, 0.05) is 11.8 Å². The summed E-state index contributed by atoms with van der Waals surface area (Å²) in [4.78, 5) is 38.4. The second-order valence-corrected chi connectivity index (χ2v) is 11.4. The second kappa shape index (κ2) is 11.7. The van der Waals surface area contributed by atoms with Gasteiger partial charge in [0.2, 0.25) is 0 Å². The predicted molar refractivity (Wildman–Crippen MR) is 132 cm³/mol. The number of aliphatic hydroxyl groups excluding tert-OH is 1. The van der Waals surface area contributed by atoms with Gasteiger partial charge in [0.25, 0.3) is 5.56 Å². The number of H-pyrrole nitrogens is 1. The highest BCUT2D eigenvalue weighted by molar-refractivity contribution is 7.54. The maximum absolute atomic E-state index is 13.7. The number of para-hydroxylation sites is 1. The second-order valence-electron chi connectivity index (χ2n) is 8.86. The highest BCUT2D eigenvalue weighted by Crippen LogP contribution is 2.50. The zero-order chi connectivity index (χ0) is 26.6. The van der Waals surface area contributed by atoms with E-state index in [9.17, 15) is 24.1 Å². The van der Waals surface area contributed by atoms with Gasteiger partial charge in [0.05, 0.1) is 24.8 Å². The van der Waals surface area contributed by atoms with Crippen molar-refractivity contribution in [2.45, 2.75) is 57.6 Å². The zero-order valence-corrected chi connectivity index (χ0v) is 22.0. The molecule has 1 aromatic carbocycles. The lowest BCUT2D eigenvalue weighted by atomic mass is 10.2. The summed E-state index contributed by atoms with van der Waals surface area (Å²) in [5.74, 6) is -1.11. The van der Waals surface area contributed by atoms with E-state index in [0.717, 1.165) is 4.57 Å². The first kappa shape index (κ1) is 28.1. The number of halogens is 1. The number of nitrogens with one attached hydrogen (secondary N) is 1. The highest BCUT2D eigenvalue weighted by Gasteiger charge is 2.45. The van der Waals surface area contributed by atoms with Gasteiger partial charge < -0.3 is 19.1 Å². The average Bonchev–Trinajstić information content (AvgIpc) is 3.08. The normalized spacial score (nSPS) is 24.3. The van der Waals surface area contributed by atoms with Gasteiger partial charge in [-0.1, -0.05) is 25.1 Å². The van der Waals surface area contributed by atoms with Crippen LogP contribution in [0.1, 0.15) is 32.6 Å². The van der Waals surface area contributed by atoms with E-state index in [4.69, 9.17) is 30.1 Å². The molecule has 3 rings (SSSR count). The van der Waals surface area contributed by atoms with Crippen molar-refractivity contribution in [2.75, 3.05) is 12.8 Å². The smallest absolute Gasteiger partial charge is 0.380 e. The zero-order valence-electron chi connectivity index (χ0n) is 20.3. The largest absolute Gasteiger partial charge is 0.463 e. The van der Waals surface area contributed by atoms with Crippen molar-refractivity contribution in [3.05, 3.63) is 62.9 Å². The SMILES string of the molecule is Cc1cn([C@H]2O[C@@H](CO[P@](=O)(C[C@@H](C)C(=O)OC(C)C)Oc3ccccc3)C(O)[C@H]2Cl)c(=O)[nH]c1=O. The Morgan fingerprint density at radius 3 is 2.56 bits per heavy atom. The number of hydrogen-bond donors (Lipinski definition) is 2. The monoisotopic (exact) mass is 544 g/mol. The first-order valence-electron chi connectivity index (χ1n) is 11.4. The molecule has 0 radical (unpaired) electrons. The van der Waals surface area contributed by atoms with Crippen molar-refractivity contribution in [3.63, 3.8) is 0 Å². The number of carbonyl (C=O) groups excluding carboxylic acids is 1. The molecule has 0 saturated carbocycles. The van der Waals surface area contributed by atoms with Crippen molar-refractivity contribution >= 4 is 25.2 Å². The minimum atomic E-state index is -3.96. The van der Waals surface area contributed by atoms with Crippen LogP contribution in [-0.4, -0.2) is 57.1 Å². The molecule has 198 valence electrons. The highest BCUT2D eigenvalue weighted by atomic mass is 35.5. The summed E-state index contributed by atoms with van der Waals surface area (Å²) < 4.78 is 37.1. The number of aromatic nitrogens is 2. The Morgan fingerprint density at radius 1 is 1.25 bits per heavy atom. The topological polar surface area (TPSA) is 146 Å². The van der Waals surface area contributed by atoms with Crippen LogP contribution < -0.4 is 15.8 Å². The fourth-order valence-electron chi connectivity index (χ4n) is 3.54. The molecule has 36 heavy (non-hydrogen) atoms. The maximum atomic E-state index is 13.7. The minimum absolute atomic E-state index is 0.249. The number of alkyl halides is 1. The van der Waals surface area contributed by atoms with Crippen molar-refractivity contribution in [2.24, 2.45) is 5.92 Å². The van der Waals surface area contributed by atoms with Crippen LogP contribution in [0, 0.1) is 12.8 Å². The lowest BCUT2D eigenvalue weighted by molar-refractivity contribution is -0.151. The molecular formula is C23H30ClN2O9P. The number of aryl methyl sites for hydroxylation is 1. The summed E-state index contributed by atoms with van der Waals surface area (Å²) in [5.41, 5.74) is -1.06. The fraction of sp³-hybridized carbons (Fsp3) is 0.522. The Hall–Kier alpha value is -2.43. The number of benzene rings is 1. The molecule has 11 nitrogen and oxygen atoms in total. The van der Waals surface area contributed by atoms with Crippen molar-refractivity contribution in [1.29, 1.82) is 0 Å². The summed E-state index contributed by atoms with van der Waals surface area (Å²) in [6, 6.07) is 8.30. The lowest BCUT2D eigenvalue weighted by Crippen LogP contribution is -2.36. The summed E-state index contributed by atoms with van der Waals surface area (Å²) >= 11 is 6.33. The summed E-state index contributed by atoms with van der Waals surface area (Å²) in [7, 11) is -3.96. The van der Waals surface area contributed by atoms with E-state index in [2.05, 4.69) is 4.98 Å². The molecule has 0 amide bonds. The number of rotatable bonds is 10. The van der Waals surface area contributed by atoms with Crippen LogP contribution in [0.2, 0.25) is 0 Å². The van der Waals surface area contributed by atoms with Crippen LogP contribution >= 0.6 is 19.2 Å². The number of aromatic amines is 1. The number of ether oxygens (including phenoxy) is 2. The molecule has 0 spiro atoms. The van der Waals surface area contributed by atoms with Crippen molar-refractivity contribution < 1.29 is 33.0 Å². The summed E-state index contributed by atoms with van der Waals surface area (Å²) in [6.07, 6.45) is -2.86. The van der Waals surface area contributed by atoms with Gasteiger partial charge in [-0.25, -0.2) is 9.36 Å². The first-order chi connectivity index (χ1) is 16.9. The van der Waals surface area contributed by atoms with Crippen LogP contribution in [0.15, 0.2) is 46.1 Å². The third kappa shape index (κ3) is 6.86. The summed E-state index contributed by atoms with van der Waals surface area (Å²) in [5, 5.41) is 9.56. The van der Waals surface area contributed by atoms with E-state index in [0.29, 0.717) is 0 Å². The molecule has 1 saturated heterocycles. The van der Waals surface area contributed by atoms with Crippen molar-refractivity contribution in [1.82, 2.24) is 9.55 Å². The van der Waals surface area contributed by atoms with Gasteiger partial charge in [0.15, 0.2) is 6.23 Å². The number of aliphatic hydroxyl groups is 1. The van der Waals surface area contributed by atoms with Gasteiger partial charge >= 0.3 is 19.3 Å². The molecule has 13 heteroatoms. The molecule has 1 aliphatic rings. The van der Waals surface area contributed by atoms with E-state index in [1.165, 1.54) is 13.1 Å². The van der Waals surface area contributed by atoms with Gasteiger partial charge in [-0.3, -0.25) is 23.7 Å². The van der Waals surface area contributed by atoms with E-state index in [-0.39, 0.29) is 23.6 Å². The van der Waals surface area contributed by atoms with E-state index < -0.39 is 61.2 Å². The van der Waals surface area contributed by atoms with Gasteiger partial charge in [-0.15, -0.1) is 11.6 Å². The van der Waals surface area contributed by atoms with Gasteiger partial charge in [-0.2, -0.15) is 0 Å². The Labute approximate surface area is 212 Å². The Bertz CT molecular complexity index is 1220. The number of nitrogens with zero attached hydrogens (tertiary/aromatic N) is 1. The standard InChI is InChI=1S/C23H30ClN2O9P/c1-13(2)33-22(29)15(4)12-36(31,35-16-8-6-5-7-9-16)32-11-17-19(27)18(24)21(34-17)26-10-14(3)20(28)25-23(26)30/h5-10,13,15,17-19,21,27H,11-12H2,1-4H3,(H,25,28,30)/t15-,17+,18-,19?,21+,36-/m1/s1. The van der Waals surface area contributed by atoms with Gasteiger partial charge in [-0.05, 0) is 32.9 Å². The predicted octanol–water partition coefficient (Wildman–Crippen LogP) is 2.59. The number of esters is 1. The number of carbonyl (C=O) groups is 1. The fourth-order valence-corrected chi connectivity index (χ4v) is 5.76. The molecule has 2 heterocycles. The van der Waals surface area contributed by atoms with Crippen LogP contribution in [0.3, 0.4) is 0 Å². The van der Waals surface area contributed by atoms with Crippen LogP contribution in [0.25, 0.3) is 0 Å². The van der Waals surface area contributed by atoms with Crippen LogP contribution in [-0.2, 0) is 23.4 Å².